The Labute approximate surface area is 124 Å². The van der Waals surface area contributed by atoms with Crippen molar-refractivity contribution in [3.8, 4) is 5.69 Å². The maximum Gasteiger partial charge on any atom is 0.335 e. The van der Waals surface area contributed by atoms with Crippen molar-refractivity contribution in [1.82, 2.24) is 20.2 Å². The fourth-order valence-electron chi connectivity index (χ4n) is 1.50. The first kappa shape index (κ1) is 15.0. The molecule has 0 aliphatic heterocycles. The third kappa shape index (κ3) is 3.78. The van der Waals surface area contributed by atoms with Gasteiger partial charge in [0.1, 0.15) is 0 Å². The van der Waals surface area contributed by atoms with E-state index in [-0.39, 0.29) is 17.3 Å². The molecule has 0 bridgehead atoms. The fourth-order valence-corrected chi connectivity index (χ4v) is 2.19. The average molecular weight is 308 g/mol. The van der Waals surface area contributed by atoms with Crippen molar-refractivity contribution in [3.05, 3.63) is 29.8 Å². The molecule has 110 valence electrons. The monoisotopic (exact) mass is 308 g/mol. The number of tetrazole rings is 1. The minimum atomic E-state index is -1.00. The quantitative estimate of drug-likeness (QED) is 0.622. The maximum atomic E-state index is 11.3. The molecule has 0 aliphatic rings. The van der Waals surface area contributed by atoms with Crippen LogP contribution in [0, 0.1) is 0 Å². The van der Waals surface area contributed by atoms with E-state index in [9.17, 15) is 9.59 Å². The van der Waals surface area contributed by atoms with E-state index in [1.54, 1.807) is 19.1 Å². The molecule has 2 rings (SSSR count). The summed E-state index contributed by atoms with van der Waals surface area (Å²) in [7, 11) is 0. The van der Waals surface area contributed by atoms with Gasteiger partial charge in [0.05, 0.1) is 23.6 Å². The Morgan fingerprint density at radius 2 is 2.05 bits per heavy atom. The Kier molecular flexibility index (Phi) is 4.88. The van der Waals surface area contributed by atoms with Gasteiger partial charge >= 0.3 is 11.9 Å². The summed E-state index contributed by atoms with van der Waals surface area (Å²) in [5.74, 6) is -1.25. The van der Waals surface area contributed by atoms with Gasteiger partial charge in [-0.3, -0.25) is 4.79 Å². The number of rotatable bonds is 6. The summed E-state index contributed by atoms with van der Waals surface area (Å²) in [4.78, 5) is 22.1. The van der Waals surface area contributed by atoms with Gasteiger partial charge in [0.25, 0.3) is 0 Å². The van der Waals surface area contributed by atoms with E-state index < -0.39 is 5.97 Å². The lowest BCUT2D eigenvalue weighted by Gasteiger charge is -2.04. The highest BCUT2D eigenvalue weighted by atomic mass is 32.2. The van der Waals surface area contributed by atoms with E-state index in [4.69, 9.17) is 9.84 Å². The molecule has 9 heteroatoms. The normalized spacial score (nSPS) is 10.3. The first-order valence-corrected chi connectivity index (χ1v) is 7.01. The second-order valence-corrected chi connectivity index (χ2v) is 4.76. The van der Waals surface area contributed by atoms with Gasteiger partial charge in [-0.25, -0.2) is 4.79 Å². The predicted molar refractivity (Wildman–Crippen MR) is 73.5 cm³/mol. The molecule has 0 radical (unpaired) electrons. The van der Waals surface area contributed by atoms with Gasteiger partial charge in [-0.2, -0.15) is 4.68 Å². The molecule has 0 atom stereocenters. The van der Waals surface area contributed by atoms with Gasteiger partial charge < -0.3 is 9.84 Å². The zero-order valence-electron chi connectivity index (χ0n) is 11.1. The highest BCUT2D eigenvalue weighted by Crippen LogP contribution is 2.18. The van der Waals surface area contributed by atoms with Gasteiger partial charge in [0.15, 0.2) is 0 Å². The smallest absolute Gasteiger partial charge is 0.335 e. The molecule has 1 aromatic carbocycles. The first-order chi connectivity index (χ1) is 10.1. The van der Waals surface area contributed by atoms with Crippen LogP contribution in [0.2, 0.25) is 0 Å². The molecule has 2 aromatic rings. The molecule has 0 fully saturated rings. The van der Waals surface area contributed by atoms with E-state index in [0.29, 0.717) is 17.5 Å². The zero-order valence-corrected chi connectivity index (χ0v) is 11.9. The van der Waals surface area contributed by atoms with Crippen molar-refractivity contribution in [2.45, 2.75) is 12.1 Å². The highest BCUT2D eigenvalue weighted by molar-refractivity contribution is 7.99. The number of benzene rings is 1. The van der Waals surface area contributed by atoms with Gasteiger partial charge in [0, 0.05) is 0 Å². The molecule has 8 nitrogen and oxygen atoms in total. The predicted octanol–water partition coefficient (Wildman–Crippen LogP) is 1.02. The number of thioether (sulfide) groups is 1. The second-order valence-electron chi connectivity index (χ2n) is 3.82. The minimum Gasteiger partial charge on any atom is -0.478 e. The molecule has 0 unspecified atom stereocenters. The zero-order chi connectivity index (χ0) is 15.2. The van der Waals surface area contributed by atoms with Crippen molar-refractivity contribution in [2.75, 3.05) is 12.4 Å². The van der Waals surface area contributed by atoms with E-state index in [0.717, 1.165) is 11.8 Å². The van der Waals surface area contributed by atoms with Crippen molar-refractivity contribution in [1.29, 1.82) is 0 Å². The van der Waals surface area contributed by atoms with Crippen molar-refractivity contribution in [3.63, 3.8) is 0 Å². The molecule has 0 amide bonds. The Balaban J connectivity index is 2.12. The number of aromatic carboxylic acids is 1. The second kappa shape index (κ2) is 6.84. The van der Waals surface area contributed by atoms with Gasteiger partial charge in [-0.1, -0.05) is 11.8 Å². The number of carboxylic acids is 1. The lowest BCUT2D eigenvalue weighted by atomic mass is 10.2. The summed E-state index contributed by atoms with van der Waals surface area (Å²) in [5.41, 5.74) is 0.781. The number of aromatic nitrogens is 4. The van der Waals surface area contributed by atoms with E-state index in [1.807, 2.05) is 0 Å². The SMILES string of the molecule is CCOC(=O)CSc1nnnn1-c1ccc(C(=O)O)cc1. The number of ether oxygens (including phenoxy) is 1. The summed E-state index contributed by atoms with van der Waals surface area (Å²) < 4.78 is 6.25. The van der Waals surface area contributed by atoms with Crippen LogP contribution in [0.4, 0.5) is 0 Å². The Morgan fingerprint density at radius 3 is 2.67 bits per heavy atom. The summed E-state index contributed by atoms with van der Waals surface area (Å²) >= 11 is 1.14. The van der Waals surface area contributed by atoms with Crippen LogP contribution in [0.5, 0.6) is 0 Å². The minimum absolute atomic E-state index is 0.0986. The highest BCUT2D eigenvalue weighted by Gasteiger charge is 2.12. The standard InChI is InChI=1S/C12H12N4O4S/c1-2-20-10(17)7-21-12-13-14-15-16(12)9-5-3-8(4-6-9)11(18)19/h3-6H,2,7H2,1H3,(H,18,19). The van der Waals surface area contributed by atoms with E-state index in [2.05, 4.69) is 15.5 Å². The van der Waals surface area contributed by atoms with Crippen LogP contribution >= 0.6 is 11.8 Å². The number of esters is 1. The third-order valence-electron chi connectivity index (χ3n) is 2.42. The van der Waals surface area contributed by atoms with Crippen molar-refractivity contribution < 1.29 is 19.4 Å². The number of nitrogens with zero attached hydrogens (tertiary/aromatic N) is 4. The molecular weight excluding hydrogens is 296 g/mol. The van der Waals surface area contributed by atoms with Crippen LogP contribution in [0.1, 0.15) is 17.3 Å². The molecule has 0 saturated heterocycles. The van der Waals surface area contributed by atoms with E-state index >= 15 is 0 Å². The van der Waals surface area contributed by atoms with Gasteiger partial charge in [-0.15, -0.1) is 5.10 Å². The lowest BCUT2D eigenvalue weighted by Crippen LogP contribution is -2.08. The Bertz CT molecular complexity index is 641. The van der Waals surface area contributed by atoms with Crippen molar-refractivity contribution in [2.24, 2.45) is 0 Å². The summed E-state index contributed by atoms with van der Waals surface area (Å²) in [5, 5.41) is 20.5. The third-order valence-corrected chi connectivity index (χ3v) is 3.32. The Morgan fingerprint density at radius 1 is 1.33 bits per heavy atom. The number of carboxylic acid groups (broad SMARTS) is 1. The number of carbonyl (C=O) groups excluding carboxylic acids is 1. The van der Waals surface area contributed by atoms with Crippen LogP contribution in [-0.4, -0.2) is 49.6 Å². The lowest BCUT2D eigenvalue weighted by molar-refractivity contribution is -0.139. The van der Waals surface area contributed by atoms with Gasteiger partial charge in [0.2, 0.25) is 5.16 Å². The van der Waals surface area contributed by atoms with Crippen LogP contribution < -0.4 is 0 Å². The number of hydrogen-bond acceptors (Lipinski definition) is 7. The summed E-state index contributed by atoms with van der Waals surface area (Å²) in [6.07, 6.45) is 0. The van der Waals surface area contributed by atoms with Gasteiger partial charge in [-0.05, 0) is 41.6 Å². The molecule has 0 aliphatic carbocycles. The molecule has 0 saturated carbocycles. The molecule has 21 heavy (non-hydrogen) atoms. The summed E-state index contributed by atoms with van der Waals surface area (Å²) in [6.45, 7) is 2.05. The molecule has 1 N–H and O–H groups in total. The molecule has 1 heterocycles. The molecule has 0 spiro atoms. The molecule has 1 aromatic heterocycles. The fraction of sp³-hybridized carbons (Fsp3) is 0.250. The van der Waals surface area contributed by atoms with Crippen LogP contribution in [-0.2, 0) is 9.53 Å². The van der Waals surface area contributed by atoms with Crippen molar-refractivity contribution >= 4 is 23.7 Å². The van der Waals surface area contributed by atoms with Crippen LogP contribution in [0.25, 0.3) is 5.69 Å². The van der Waals surface area contributed by atoms with Crippen LogP contribution in [0.15, 0.2) is 29.4 Å². The Hall–Kier alpha value is -2.42. The largest absolute Gasteiger partial charge is 0.478 e. The first-order valence-electron chi connectivity index (χ1n) is 6.02. The number of carbonyl (C=O) groups is 2. The maximum absolute atomic E-state index is 11.3. The average Bonchev–Trinajstić information content (AvgIpc) is 2.94. The van der Waals surface area contributed by atoms with Crippen LogP contribution in [0.3, 0.4) is 0 Å². The topological polar surface area (TPSA) is 107 Å². The molecular formula is C12H12N4O4S. The van der Waals surface area contributed by atoms with E-state index in [1.165, 1.54) is 16.8 Å². The summed E-state index contributed by atoms with van der Waals surface area (Å²) in [6, 6.07) is 6.10. The number of hydrogen-bond donors (Lipinski definition) is 1.